The van der Waals surface area contributed by atoms with Gasteiger partial charge in [0.15, 0.2) is 6.04 Å². The van der Waals surface area contributed by atoms with Crippen LogP contribution in [0, 0.1) is 0 Å². The highest BCUT2D eigenvalue weighted by Gasteiger charge is 2.45. The zero-order chi connectivity index (χ0) is 38.9. The number of alkyl carbamates (subject to hydrolysis) is 1. The lowest BCUT2D eigenvalue weighted by Crippen LogP contribution is -2.52. The van der Waals surface area contributed by atoms with E-state index in [0.717, 1.165) is 23.0 Å². The molecule has 0 fully saturated rings. The fourth-order valence-electron chi connectivity index (χ4n) is 6.06. The summed E-state index contributed by atoms with van der Waals surface area (Å²) in [6.07, 6.45) is -5.82. The van der Waals surface area contributed by atoms with E-state index < -0.39 is 58.9 Å². The van der Waals surface area contributed by atoms with Crippen molar-refractivity contribution in [3.8, 4) is 0 Å². The number of aliphatic hydroxyl groups is 1. The van der Waals surface area contributed by atoms with E-state index >= 15 is 0 Å². The van der Waals surface area contributed by atoms with Gasteiger partial charge in [-0.3, -0.25) is 4.79 Å². The molecule has 54 heavy (non-hydrogen) atoms. The number of amides is 2. The fraction of sp³-hybridized carbons (Fsp3) is 0.231. The Bertz CT molecular complexity index is 2050. The number of nitrogens with one attached hydrogen (secondary N) is 2. The largest absolute Gasteiger partial charge is 0.453 e. The van der Waals surface area contributed by atoms with Crippen LogP contribution in [0.3, 0.4) is 0 Å². The number of rotatable bonds is 15. The number of aliphatic hydroxyl groups excluding tert-OH is 1. The van der Waals surface area contributed by atoms with Gasteiger partial charge in [-0.05, 0) is 59.5 Å². The summed E-state index contributed by atoms with van der Waals surface area (Å²) >= 11 is 0.605. The van der Waals surface area contributed by atoms with Crippen LogP contribution in [0.25, 0.3) is 0 Å². The number of nitrogens with two attached hydrogens (primary N) is 1. The van der Waals surface area contributed by atoms with Gasteiger partial charge in [0.1, 0.15) is 6.04 Å². The quantitative estimate of drug-likeness (QED) is 0.0878. The molecule has 0 radical (unpaired) electrons. The highest BCUT2D eigenvalue weighted by atomic mass is 32.2. The van der Waals surface area contributed by atoms with Crippen LogP contribution < -0.4 is 16.4 Å². The van der Waals surface area contributed by atoms with Gasteiger partial charge in [0.05, 0.1) is 24.7 Å². The average molecular weight is 781 g/mol. The number of carbonyl (C=O) groups is 2. The van der Waals surface area contributed by atoms with Crippen LogP contribution in [0.5, 0.6) is 0 Å². The first kappa shape index (κ1) is 40.0. The van der Waals surface area contributed by atoms with Crippen molar-refractivity contribution >= 4 is 39.0 Å². The van der Waals surface area contributed by atoms with E-state index in [-0.39, 0.29) is 27.6 Å². The van der Waals surface area contributed by atoms with Crippen LogP contribution in [-0.2, 0) is 26.0 Å². The van der Waals surface area contributed by atoms with Crippen LogP contribution in [0.4, 0.5) is 23.7 Å². The van der Waals surface area contributed by atoms with Gasteiger partial charge in [-0.15, -0.1) is 11.3 Å². The number of sulfonamides is 1. The average Bonchev–Trinajstić information content (AvgIpc) is 3.65. The second-order valence-corrected chi connectivity index (χ2v) is 15.3. The van der Waals surface area contributed by atoms with Crippen molar-refractivity contribution in [3.05, 3.63) is 154 Å². The van der Waals surface area contributed by atoms with E-state index in [0.29, 0.717) is 28.2 Å². The lowest BCUT2D eigenvalue weighted by Gasteiger charge is -2.30. The van der Waals surface area contributed by atoms with E-state index in [2.05, 4.69) is 10.6 Å². The Kier molecular flexibility index (Phi) is 13.1. The monoisotopic (exact) mass is 780 g/mol. The number of ether oxygens (including phenoxy) is 1. The summed E-state index contributed by atoms with van der Waals surface area (Å²) in [5.74, 6) is -2.07. The molecule has 1 aromatic heterocycles. The van der Waals surface area contributed by atoms with E-state index in [1.54, 1.807) is 72.8 Å². The predicted octanol–water partition coefficient (Wildman–Crippen LogP) is 6.57. The summed E-state index contributed by atoms with van der Waals surface area (Å²) in [6.45, 7) is -0.872. The molecule has 4 aromatic carbocycles. The molecular weight excluding hydrogens is 742 g/mol. The maximum atomic E-state index is 14.9. The van der Waals surface area contributed by atoms with Gasteiger partial charge >= 0.3 is 12.3 Å². The Morgan fingerprint density at radius 2 is 1.35 bits per heavy atom. The lowest BCUT2D eigenvalue weighted by molar-refractivity contribution is -0.163. The minimum absolute atomic E-state index is 0.110. The second-order valence-electron chi connectivity index (χ2n) is 12.3. The number of benzene rings is 4. The molecule has 15 heteroatoms. The molecule has 0 unspecified atom stereocenters. The van der Waals surface area contributed by atoms with Gasteiger partial charge in [0.2, 0.25) is 15.9 Å². The van der Waals surface area contributed by atoms with Gasteiger partial charge in [0.25, 0.3) is 0 Å². The van der Waals surface area contributed by atoms with Crippen LogP contribution in [-0.4, -0.2) is 62.3 Å². The molecule has 1 heterocycles. The first-order valence-corrected chi connectivity index (χ1v) is 19.0. The van der Waals surface area contributed by atoms with Crippen molar-refractivity contribution in [1.29, 1.82) is 0 Å². The van der Waals surface area contributed by atoms with Gasteiger partial charge in [-0.1, -0.05) is 91.0 Å². The van der Waals surface area contributed by atoms with E-state index in [9.17, 15) is 36.3 Å². The van der Waals surface area contributed by atoms with E-state index in [1.807, 2.05) is 18.2 Å². The number of methoxy groups -OCH3 is 1. The molecule has 284 valence electrons. The van der Waals surface area contributed by atoms with Crippen molar-refractivity contribution in [2.24, 2.45) is 0 Å². The molecule has 10 nitrogen and oxygen atoms in total. The Hall–Kier alpha value is -5.22. The van der Waals surface area contributed by atoms with Crippen molar-refractivity contribution in [1.82, 2.24) is 14.9 Å². The Morgan fingerprint density at radius 3 is 1.87 bits per heavy atom. The highest BCUT2D eigenvalue weighted by Crippen LogP contribution is 2.40. The number of carbonyl (C=O) groups excluding carboxylic acids is 2. The number of nitrogens with zero attached hydrogens (tertiary/aromatic N) is 1. The first-order valence-electron chi connectivity index (χ1n) is 16.8. The Morgan fingerprint density at radius 1 is 0.815 bits per heavy atom. The standard InChI is InChI=1S/C39H39F3N4O6S2/c1-52-38(49)44-35(34(27-13-7-3-8-14-27)28-15-9-4-10-16-28)37(48)45-36(39(40,41)42)33-22-21-32(53-33)31(25-47)46(24-23-26-11-5-2-6-12-26)54(50,51)30-19-17-29(43)18-20-30/h2-22,31,34-36,47H,23-25,43H2,1H3,(H,44,49)(H,45,48)/t31-,35+,36-/m1/s1. The summed E-state index contributed by atoms with van der Waals surface area (Å²) in [5.41, 5.74) is 8.01. The van der Waals surface area contributed by atoms with Crippen molar-refractivity contribution in [2.75, 3.05) is 26.0 Å². The predicted molar refractivity (Wildman–Crippen MR) is 200 cm³/mol. The van der Waals surface area contributed by atoms with Gasteiger partial charge in [0, 0.05) is 27.9 Å². The summed E-state index contributed by atoms with van der Waals surface area (Å²) in [6, 6.07) is 28.6. The minimum atomic E-state index is -5.03. The van der Waals surface area contributed by atoms with E-state index in [1.165, 1.54) is 30.3 Å². The van der Waals surface area contributed by atoms with Crippen LogP contribution >= 0.6 is 11.3 Å². The van der Waals surface area contributed by atoms with Crippen LogP contribution in [0.1, 0.15) is 44.4 Å². The molecule has 0 bridgehead atoms. The van der Waals surface area contributed by atoms with Crippen molar-refractivity contribution in [3.63, 3.8) is 0 Å². The van der Waals surface area contributed by atoms with E-state index in [4.69, 9.17) is 10.5 Å². The maximum Gasteiger partial charge on any atom is 0.413 e. The van der Waals surface area contributed by atoms with Gasteiger partial charge in [-0.2, -0.15) is 17.5 Å². The zero-order valence-corrected chi connectivity index (χ0v) is 30.7. The molecule has 0 aliphatic heterocycles. The number of nitrogen functional groups attached to an aromatic ring is 1. The topological polar surface area (TPSA) is 151 Å². The molecule has 2 amide bonds. The van der Waals surface area contributed by atoms with Crippen LogP contribution in [0.2, 0.25) is 0 Å². The molecule has 0 saturated heterocycles. The van der Waals surface area contributed by atoms with Gasteiger partial charge < -0.3 is 26.2 Å². The molecule has 5 N–H and O–H groups in total. The molecule has 5 rings (SSSR count). The fourth-order valence-corrected chi connectivity index (χ4v) is 8.92. The highest BCUT2D eigenvalue weighted by molar-refractivity contribution is 7.89. The molecule has 5 aromatic rings. The third-order valence-corrected chi connectivity index (χ3v) is 11.9. The number of alkyl halides is 3. The number of anilines is 1. The summed E-state index contributed by atoms with van der Waals surface area (Å²) in [4.78, 5) is 26.2. The number of halogens is 3. The molecule has 3 atom stereocenters. The summed E-state index contributed by atoms with van der Waals surface area (Å²) in [5, 5.41) is 15.2. The molecule has 0 aliphatic rings. The second kappa shape index (κ2) is 17.7. The molecule has 0 saturated carbocycles. The number of hydrogen-bond acceptors (Lipinski definition) is 8. The van der Waals surface area contributed by atoms with Crippen LogP contribution in [0.15, 0.2) is 132 Å². The number of hydrogen-bond donors (Lipinski definition) is 4. The third-order valence-electron chi connectivity index (χ3n) is 8.74. The smallest absolute Gasteiger partial charge is 0.413 e. The zero-order valence-electron chi connectivity index (χ0n) is 29.0. The molecular formula is C39H39F3N4O6S2. The Balaban J connectivity index is 1.51. The summed E-state index contributed by atoms with van der Waals surface area (Å²) < 4.78 is 78.7. The first-order chi connectivity index (χ1) is 25.8. The molecule has 0 spiro atoms. The third kappa shape index (κ3) is 9.65. The van der Waals surface area contributed by atoms with Crippen molar-refractivity contribution < 1.29 is 41.0 Å². The maximum absolute atomic E-state index is 14.9. The summed E-state index contributed by atoms with van der Waals surface area (Å²) in [7, 11) is -3.24. The normalized spacial score (nSPS) is 13.6. The van der Waals surface area contributed by atoms with Crippen molar-refractivity contribution in [2.45, 2.75) is 41.5 Å². The lowest BCUT2D eigenvalue weighted by atomic mass is 9.84. The van der Waals surface area contributed by atoms with Gasteiger partial charge in [-0.25, -0.2) is 13.2 Å². The Labute approximate surface area is 315 Å². The SMILES string of the molecule is COC(=O)N[C@H](C(=O)N[C@H](c1ccc([C@@H](CO)N(CCc2ccccc2)S(=O)(=O)c2ccc(N)cc2)s1)C(F)(F)F)C(c1ccccc1)c1ccccc1. The minimum Gasteiger partial charge on any atom is -0.453 e. The number of thiophene rings is 1. The molecule has 0 aliphatic carbocycles.